The largest absolute Gasteiger partial charge is 0.462 e. The van der Waals surface area contributed by atoms with Gasteiger partial charge >= 0.3 is 17.9 Å². The highest BCUT2D eigenvalue weighted by Crippen LogP contribution is 2.72. The fourth-order valence-corrected chi connectivity index (χ4v) is 8.56. The fraction of sp³-hybridized carbons (Fsp3) is 0.769. The van der Waals surface area contributed by atoms with Gasteiger partial charge < -0.3 is 19.3 Å². The quantitative estimate of drug-likeness (QED) is 0.376. The van der Waals surface area contributed by atoms with Gasteiger partial charge in [0.25, 0.3) is 0 Å². The lowest BCUT2D eigenvalue weighted by Crippen LogP contribution is -2.73. The van der Waals surface area contributed by atoms with E-state index in [1.54, 1.807) is 0 Å². The third-order valence-corrected chi connectivity index (χ3v) is 9.27. The zero-order valence-corrected chi connectivity index (χ0v) is 20.9. The molecule has 0 heterocycles. The highest BCUT2D eigenvalue weighted by Gasteiger charge is 2.77. The van der Waals surface area contributed by atoms with E-state index in [9.17, 15) is 24.3 Å². The van der Waals surface area contributed by atoms with Crippen LogP contribution in [0.2, 0.25) is 0 Å². The summed E-state index contributed by atoms with van der Waals surface area (Å²) in [5.41, 5.74) is -1.85. The third-order valence-electron chi connectivity index (χ3n) is 9.27. The van der Waals surface area contributed by atoms with Crippen molar-refractivity contribution in [1.29, 1.82) is 0 Å². The summed E-state index contributed by atoms with van der Waals surface area (Å²) < 4.78 is 17.3. The molecule has 2 bridgehead atoms. The molecule has 4 rings (SSSR count). The third kappa shape index (κ3) is 3.28. The van der Waals surface area contributed by atoms with Gasteiger partial charge in [0.05, 0.1) is 11.5 Å². The Hall–Kier alpha value is -2.22. The minimum Gasteiger partial charge on any atom is -0.462 e. The van der Waals surface area contributed by atoms with E-state index in [1.807, 2.05) is 20.8 Å². The summed E-state index contributed by atoms with van der Waals surface area (Å²) >= 11 is 0. The summed E-state index contributed by atoms with van der Waals surface area (Å²) in [6.45, 7) is 14.0. The fourth-order valence-electron chi connectivity index (χ4n) is 8.56. The summed E-state index contributed by atoms with van der Waals surface area (Å²) in [5.74, 6) is -2.81. The van der Waals surface area contributed by atoms with Crippen LogP contribution in [0.1, 0.15) is 67.2 Å². The maximum atomic E-state index is 13.8. The molecule has 1 spiro atoms. The molecule has 4 fully saturated rings. The number of carbonyl (C=O) groups is 4. The molecule has 188 valence electrons. The van der Waals surface area contributed by atoms with E-state index in [-0.39, 0.29) is 18.1 Å². The Balaban J connectivity index is 1.93. The Bertz CT molecular complexity index is 952. The lowest BCUT2D eigenvalue weighted by molar-refractivity contribution is -0.279. The molecule has 4 saturated carbocycles. The van der Waals surface area contributed by atoms with E-state index in [1.165, 1.54) is 20.8 Å². The van der Waals surface area contributed by atoms with Gasteiger partial charge in [0.15, 0.2) is 0 Å². The van der Waals surface area contributed by atoms with Crippen molar-refractivity contribution in [3.8, 4) is 0 Å². The molecule has 0 aliphatic heterocycles. The minimum absolute atomic E-state index is 0.0188. The lowest BCUT2D eigenvalue weighted by Gasteiger charge is -2.67. The van der Waals surface area contributed by atoms with Crippen molar-refractivity contribution in [2.24, 2.45) is 34.0 Å². The van der Waals surface area contributed by atoms with E-state index in [0.717, 1.165) is 0 Å². The SMILES string of the molecule is C=C1C2CC(=O)C3C4(C)CCC(OC(C)=O)C(C)(C)C4C(O)C(OC(C)=O)C3(C2)C1OC(C)=O. The summed E-state index contributed by atoms with van der Waals surface area (Å²) in [7, 11) is 0. The molecule has 8 nitrogen and oxygen atoms in total. The molecule has 9 unspecified atom stereocenters. The van der Waals surface area contributed by atoms with E-state index in [2.05, 4.69) is 6.58 Å². The van der Waals surface area contributed by atoms with Crippen molar-refractivity contribution in [3.05, 3.63) is 12.2 Å². The standard InChI is InChI=1S/C26H36O8/c1-12-16-10-17(30)20-25(7)9-8-18(32-13(2)27)24(5,6)21(25)19(31)23(34-15(4)29)26(20,11-16)22(12)33-14(3)28/h16,18-23,31H,1,8-11H2,2-7H3. The van der Waals surface area contributed by atoms with Crippen molar-refractivity contribution < 1.29 is 38.5 Å². The van der Waals surface area contributed by atoms with Gasteiger partial charge in [0.1, 0.15) is 24.1 Å². The Morgan fingerprint density at radius 1 is 1.00 bits per heavy atom. The average molecular weight is 477 g/mol. The molecule has 8 heteroatoms. The molecule has 0 radical (unpaired) electrons. The number of carbonyl (C=O) groups excluding carboxylic acids is 4. The Kier molecular flexibility index (Phi) is 5.78. The highest BCUT2D eigenvalue weighted by atomic mass is 16.6. The van der Waals surface area contributed by atoms with Crippen LogP contribution in [0.3, 0.4) is 0 Å². The molecule has 0 amide bonds. The van der Waals surface area contributed by atoms with E-state index < -0.39 is 70.4 Å². The van der Waals surface area contributed by atoms with Gasteiger partial charge in [-0.1, -0.05) is 27.4 Å². The van der Waals surface area contributed by atoms with Crippen molar-refractivity contribution in [3.63, 3.8) is 0 Å². The van der Waals surface area contributed by atoms with Crippen molar-refractivity contribution in [2.45, 2.75) is 91.6 Å². The first-order valence-electron chi connectivity index (χ1n) is 12.1. The van der Waals surface area contributed by atoms with Crippen LogP contribution in [-0.4, -0.2) is 53.2 Å². The van der Waals surface area contributed by atoms with Crippen LogP contribution in [0.4, 0.5) is 0 Å². The second-order valence-corrected chi connectivity index (χ2v) is 11.6. The van der Waals surface area contributed by atoms with Crippen LogP contribution in [0.15, 0.2) is 12.2 Å². The molecule has 9 atom stereocenters. The number of aliphatic hydroxyl groups is 1. The van der Waals surface area contributed by atoms with Crippen molar-refractivity contribution >= 4 is 23.7 Å². The second kappa shape index (κ2) is 7.90. The number of rotatable bonds is 3. The van der Waals surface area contributed by atoms with Crippen LogP contribution < -0.4 is 0 Å². The predicted molar refractivity (Wildman–Crippen MR) is 120 cm³/mol. The molecule has 1 N–H and O–H groups in total. The number of ketones is 1. The maximum absolute atomic E-state index is 13.8. The van der Waals surface area contributed by atoms with E-state index in [0.29, 0.717) is 24.8 Å². The smallest absolute Gasteiger partial charge is 0.303 e. The Labute approximate surface area is 200 Å². The molecule has 0 aromatic carbocycles. The number of hydrogen-bond acceptors (Lipinski definition) is 8. The number of aliphatic hydroxyl groups excluding tert-OH is 1. The first-order valence-corrected chi connectivity index (χ1v) is 12.1. The van der Waals surface area contributed by atoms with Crippen LogP contribution in [0.5, 0.6) is 0 Å². The number of hydrogen-bond donors (Lipinski definition) is 1. The number of esters is 3. The maximum Gasteiger partial charge on any atom is 0.303 e. The van der Waals surface area contributed by atoms with Gasteiger partial charge in [-0.3, -0.25) is 19.2 Å². The predicted octanol–water partition coefficient (Wildman–Crippen LogP) is 2.75. The van der Waals surface area contributed by atoms with E-state index >= 15 is 0 Å². The zero-order valence-electron chi connectivity index (χ0n) is 20.9. The Morgan fingerprint density at radius 2 is 1.59 bits per heavy atom. The van der Waals surface area contributed by atoms with Gasteiger partial charge in [-0.25, -0.2) is 0 Å². The number of ether oxygens (including phenoxy) is 3. The van der Waals surface area contributed by atoms with Gasteiger partial charge in [0, 0.05) is 44.4 Å². The average Bonchev–Trinajstić information content (AvgIpc) is 2.88. The molecule has 0 aromatic rings. The topological polar surface area (TPSA) is 116 Å². The summed E-state index contributed by atoms with van der Waals surface area (Å²) in [6.07, 6.45) is -1.73. The van der Waals surface area contributed by atoms with Crippen LogP contribution in [0, 0.1) is 34.0 Å². The Morgan fingerprint density at radius 3 is 2.15 bits per heavy atom. The van der Waals surface area contributed by atoms with Gasteiger partial charge in [-0.2, -0.15) is 0 Å². The monoisotopic (exact) mass is 476 g/mol. The van der Waals surface area contributed by atoms with Gasteiger partial charge in [-0.05, 0) is 36.2 Å². The van der Waals surface area contributed by atoms with Gasteiger partial charge in [0.2, 0.25) is 0 Å². The van der Waals surface area contributed by atoms with E-state index in [4.69, 9.17) is 14.2 Å². The first-order chi connectivity index (χ1) is 15.7. The molecular formula is C26H36O8. The first kappa shape index (κ1) is 24.9. The van der Waals surface area contributed by atoms with Crippen LogP contribution in [-0.2, 0) is 33.4 Å². The highest BCUT2D eigenvalue weighted by molar-refractivity contribution is 5.86. The second-order valence-electron chi connectivity index (χ2n) is 11.6. The van der Waals surface area contributed by atoms with Crippen molar-refractivity contribution in [2.75, 3.05) is 0 Å². The molecule has 4 aliphatic carbocycles. The molecule has 4 aliphatic rings. The summed E-state index contributed by atoms with van der Waals surface area (Å²) in [4.78, 5) is 50.1. The van der Waals surface area contributed by atoms with Crippen molar-refractivity contribution in [1.82, 2.24) is 0 Å². The molecule has 0 saturated heterocycles. The zero-order chi connectivity index (χ0) is 25.4. The normalized spacial score (nSPS) is 44.5. The molecular weight excluding hydrogens is 440 g/mol. The minimum atomic E-state index is -1.16. The molecule has 34 heavy (non-hydrogen) atoms. The van der Waals surface area contributed by atoms with Crippen LogP contribution in [0.25, 0.3) is 0 Å². The van der Waals surface area contributed by atoms with Crippen LogP contribution >= 0.6 is 0 Å². The summed E-state index contributed by atoms with van der Waals surface area (Å²) in [6, 6.07) is 0. The number of Topliss-reactive ketones (excluding diaryl/α,β-unsaturated/α-hetero) is 1. The van der Waals surface area contributed by atoms with Gasteiger partial charge in [-0.15, -0.1) is 0 Å². The summed E-state index contributed by atoms with van der Waals surface area (Å²) in [5, 5.41) is 11.9. The number of fused-ring (bicyclic) bond motifs is 3. The lowest BCUT2D eigenvalue weighted by atomic mass is 9.38. The molecule has 0 aromatic heterocycles.